The van der Waals surface area contributed by atoms with Gasteiger partial charge in [0, 0.05) is 18.7 Å². The summed E-state index contributed by atoms with van der Waals surface area (Å²) < 4.78 is 7.02. The Bertz CT molecular complexity index is 1140. The average Bonchev–Trinajstić information content (AvgIpc) is 3.11. The topological polar surface area (TPSA) is 112 Å². The lowest BCUT2D eigenvalue weighted by Gasteiger charge is -2.21. The Morgan fingerprint density at radius 2 is 1.97 bits per heavy atom. The highest BCUT2D eigenvalue weighted by atomic mass is 32.2. The minimum atomic E-state index is -0.518. The summed E-state index contributed by atoms with van der Waals surface area (Å²) in [6.45, 7) is 6.20. The van der Waals surface area contributed by atoms with Crippen molar-refractivity contribution in [3.63, 3.8) is 0 Å². The van der Waals surface area contributed by atoms with Crippen LogP contribution < -0.4 is 10.1 Å². The molecule has 1 aromatic heterocycles. The van der Waals surface area contributed by atoms with Crippen LogP contribution in [0.25, 0.3) is 0 Å². The van der Waals surface area contributed by atoms with Crippen LogP contribution in [-0.4, -0.2) is 32.7 Å². The number of aryl methyl sites for hydroxylation is 1. The molecule has 0 aliphatic rings. The maximum atomic E-state index is 12.9. The van der Waals surface area contributed by atoms with Crippen LogP contribution in [0.5, 0.6) is 5.75 Å². The fourth-order valence-corrected chi connectivity index (χ4v) is 3.67. The van der Waals surface area contributed by atoms with Crippen LogP contribution in [-0.2, 0) is 12.5 Å². The maximum Gasteiger partial charge on any atom is 0.284 e. The number of rotatable bonds is 6. The van der Waals surface area contributed by atoms with Gasteiger partial charge in [-0.3, -0.25) is 14.9 Å². The van der Waals surface area contributed by atoms with E-state index >= 15 is 0 Å². The third kappa shape index (κ3) is 5.02. The summed E-state index contributed by atoms with van der Waals surface area (Å²) in [6, 6.07) is 9.92. The number of nitro benzene ring substituents is 1. The van der Waals surface area contributed by atoms with Crippen molar-refractivity contribution in [2.45, 2.75) is 36.2 Å². The number of methoxy groups -OCH3 is 1. The van der Waals surface area contributed by atoms with Crippen LogP contribution in [0, 0.1) is 10.1 Å². The van der Waals surface area contributed by atoms with E-state index in [0.717, 1.165) is 17.3 Å². The summed E-state index contributed by atoms with van der Waals surface area (Å²) in [4.78, 5) is 24.3. The van der Waals surface area contributed by atoms with Gasteiger partial charge in [0.25, 0.3) is 11.6 Å². The molecular weight excluding hydrogens is 418 g/mol. The standard InChI is InChI=1S/C21H23N5O4S/c1-21(2,3)14-7-8-17(30-5)15(11-14)23-19(27)13-6-9-18(16(10-13)26(28)29)31-20-24-22-12-25(20)4/h6-12H,1-5H3,(H,23,27). The van der Waals surface area contributed by atoms with Gasteiger partial charge in [-0.15, -0.1) is 10.2 Å². The number of carbonyl (C=O) groups is 1. The quantitative estimate of drug-likeness (QED) is 0.445. The van der Waals surface area contributed by atoms with Gasteiger partial charge in [-0.05, 0) is 47.0 Å². The first-order valence-electron chi connectivity index (χ1n) is 9.40. The third-order valence-corrected chi connectivity index (χ3v) is 5.72. The SMILES string of the molecule is COc1ccc(C(C)(C)C)cc1NC(=O)c1ccc(Sc2nncn2C)c([N+](=O)[O-])c1. The monoisotopic (exact) mass is 441 g/mol. The Labute approximate surface area is 184 Å². The van der Waals surface area contributed by atoms with Crippen molar-refractivity contribution < 1.29 is 14.5 Å². The van der Waals surface area contributed by atoms with Crippen LogP contribution in [0.2, 0.25) is 0 Å². The minimum Gasteiger partial charge on any atom is -0.495 e. The molecule has 10 heteroatoms. The summed E-state index contributed by atoms with van der Waals surface area (Å²) in [5.41, 5.74) is 1.38. The zero-order chi connectivity index (χ0) is 22.8. The van der Waals surface area contributed by atoms with E-state index in [0.29, 0.717) is 21.5 Å². The molecule has 0 aliphatic carbocycles. The maximum absolute atomic E-state index is 12.9. The van der Waals surface area contributed by atoms with Crippen molar-refractivity contribution in [3.8, 4) is 5.75 Å². The molecule has 9 nitrogen and oxygen atoms in total. The van der Waals surface area contributed by atoms with Gasteiger partial charge in [0.05, 0.1) is 22.6 Å². The molecule has 0 spiro atoms. The van der Waals surface area contributed by atoms with Crippen molar-refractivity contribution in [2.75, 3.05) is 12.4 Å². The molecule has 1 heterocycles. The van der Waals surface area contributed by atoms with E-state index in [1.54, 1.807) is 23.7 Å². The summed E-state index contributed by atoms with van der Waals surface area (Å²) in [6.07, 6.45) is 1.51. The van der Waals surface area contributed by atoms with Gasteiger partial charge in [0.2, 0.25) is 0 Å². The van der Waals surface area contributed by atoms with E-state index in [1.165, 1.54) is 25.6 Å². The third-order valence-electron chi connectivity index (χ3n) is 4.60. The van der Waals surface area contributed by atoms with Gasteiger partial charge in [-0.1, -0.05) is 26.8 Å². The molecule has 3 rings (SSSR count). The number of anilines is 1. The Morgan fingerprint density at radius 3 is 2.55 bits per heavy atom. The molecule has 1 amide bonds. The highest BCUT2D eigenvalue weighted by Gasteiger charge is 2.22. The number of nitrogens with zero attached hydrogens (tertiary/aromatic N) is 4. The van der Waals surface area contributed by atoms with Crippen LogP contribution >= 0.6 is 11.8 Å². The number of amides is 1. The van der Waals surface area contributed by atoms with Crippen molar-refractivity contribution in [1.29, 1.82) is 0 Å². The molecule has 162 valence electrons. The van der Waals surface area contributed by atoms with E-state index in [-0.39, 0.29) is 16.7 Å². The molecule has 0 aliphatic heterocycles. The molecule has 0 saturated heterocycles. The molecule has 2 aromatic carbocycles. The van der Waals surface area contributed by atoms with Crippen molar-refractivity contribution in [2.24, 2.45) is 7.05 Å². The number of aromatic nitrogens is 3. The summed E-state index contributed by atoms with van der Waals surface area (Å²) in [7, 11) is 3.26. The highest BCUT2D eigenvalue weighted by molar-refractivity contribution is 7.99. The largest absolute Gasteiger partial charge is 0.495 e. The molecular formula is C21H23N5O4S. The van der Waals surface area contributed by atoms with Crippen LogP contribution in [0.15, 0.2) is 52.8 Å². The van der Waals surface area contributed by atoms with Crippen LogP contribution in [0.1, 0.15) is 36.7 Å². The number of nitrogens with one attached hydrogen (secondary N) is 1. The van der Waals surface area contributed by atoms with Crippen molar-refractivity contribution >= 4 is 29.0 Å². The van der Waals surface area contributed by atoms with E-state index in [2.05, 4.69) is 36.3 Å². The Morgan fingerprint density at radius 1 is 1.23 bits per heavy atom. The Balaban J connectivity index is 1.91. The number of ether oxygens (including phenoxy) is 1. The van der Waals surface area contributed by atoms with Gasteiger partial charge in [0.15, 0.2) is 5.16 Å². The van der Waals surface area contributed by atoms with Crippen molar-refractivity contribution in [3.05, 3.63) is 64.0 Å². The first-order chi connectivity index (χ1) is 14.6. The fraction of sp³-hybridized carbons (Fsp3) is 0.286. The van der Waals surface area contributed by atoms with Crippen molar-refractivity contribution in [1.82, 2.24) is 14.8 Å². The zero-order valence-corrected chi connectivity index (χ0v) is 18.7. The molecule has 0 atom stereocenters. The molecule has 31 heavy (non-hydrogen) atoms. The number of carbonyl (C=O) groups excluding carboxylic acids is 1. The molecule has 1 N–H and O–H groups in total. The lowest BCUT2D eigenvalue weighted by Crippen LogP contribution is -2.15. The predicted octanol–water partition coefficient (Wildman–Crippen LogP) is 4.43. The van der Waals surface area contributed by atoms with Gasteiger partial charge in [-0.2, -0.15) is 0 Å². The predicted molar refractivity (Wildman–Crippen MR) is 118 cm³/mol. The van der Waals surface area contributed by atoms with Gasteiger partial charge < -0.3 is 14.6 Å². The summed E-state index contributed by atoms with van der Waals surface area (Å²) >= 11 is 1.11. The highest BCUT2D eigenvalue weighted by Crippen LogP contribution is 2.35. The molecule has 0 radical (unpaired) electrons. The number of nitro groups is 1. The second kappa shape index (κ2) is 8.76. The second-order valence-corrected chi connectivity index (χ2v) is 8.89. The van der Waals surface area contributed by atoms with E-state index < -0.39 is 10.8 Å². The molecule has 0 bridgehead atoms. The number of hydrogen-bond acceptors (Lipinski definition) is 7. The smallest absolute Gasteiger partial charge is 0.284 e. The first-order valence-corrected chi connectivity index (χ1v) is 10.2. The van der Waals surface area contributed by atoms with Crippen LogP contribution in [0.3, 0.4) is 0 Å². The van der Waals surface area contributed by atoms with E-state index in [1.807, 2.05) is 12.1 Å². The zero-order valence-electron chi connectivity index (χ0n) is 17.9. The fourth-order valence-electron chi connectivity index (χ4n) is 2.82. The minimum absolute atomic E-state index is 0.122. The van der Waals surface area contributed by atoms with E-state index in [9.17, 15) is 14.9 Å². The normalized spacial score (nSPS) is 11.3. The number of hydrogen-bond donors (Lipinski definition) is 1. The Kier molecular flexibility index (Phi) is 6.30. The summed E-state index contributed by atoms with van der Waals surface area (Å²) in [5, 5.41) is 22.6. The second-order valence-electron chi connectivity index (χ2n) is 7.89. The van der Waals surface area contributed by atoms with Gasteiger partial charge in [0.1, 0.15) is 12.1 Å². The Hall–Kier alpha value is -3.40. The van der Waals surface area contributed by atoms with Crippen LogP contribution in [0.4, 0.5) is 11.4 Å². The summed E-state index contributed by atoms with van der Waals surface area (Å²) in [5.74, 6) is 0.0352. The molecule has 0 saturated carbocycles. The molecule has 0 unspecified atom stereocenters. The number of benzene rings is 2. The average molecular weight is 442 g/mol. The van der Waals surface area contributed by atoms with E-state index in [4.69, 9.17) is 4.74 Å². The van der Waals surface area contributed by atoms with Gasteiger partial charge >= 0.3 is 0 Å². The lowest BCUT2D eigenvalue weighted by atomic mass is 9.87. The first kappa shape index (κ1) is 22.3. The lowest BCUT2D eigenvalue weighted by molar-refractivity contribution is -0.387. The molecule has 0 fully saturated rings. The van der Waals surface area contributed by atoms with Gasteiger partial charge in [-0.25, -0.2) is 0 Å². The molecule has 3 aromatic rings.